The summed E-state index contributed by atoms with van der Waals surface area (Å²) in [5, 5.41) is 4.74. The van der Waals surface area contributed by atoms with Gasteiger partial charge in [0.2, 0.25) is 0 Å². The number of anilines is 1. The summed E-state index contributed by atoms with van der Waals surface area (Å²) in [4.78, 5) is 20.4. The number of nitrogens with one attached hydrogen (secondary N) is 1. The number of carbonyl (C=O) groups is 1. The minimum Gasteiger partial charge on any atom is -0.381 e. The van der Waals surface area contributed by atoms with E-state index in [1.165, 1.54) is 23.7 Å². The lowest BCUT2D eigenvalue weighted by Crippen LogP contribution is -2.45. The molecule has 0 spiro atoms. The van der Waals surface area contributed by atoms with Gasteiger partial charge in [0.25, 0.3) is 5.91 Å². The predicted octanol–water partition coefficient (Wildman–Crippen LogP) is 4.82. The third-order valence-corrected chi connectivity index (χ3v) is 8.21. The molecule has 7 rings (SSSR count). The first kappa shape index (κ1) is 21.4. The topological polar surface area (TPSA) is 81.1 Å². The van der Waals surface area contributed by atoms with Gasteiger partial charge >= 0.3 is 0 Å². The molecule has 4 aromatic rings. The second kappa shape index (κ2) is 8.10. The van der Waals surface area contributed by atoms with Crippen molar-refractivity contribution < 1.29 is 4.79 Å². The summed E-state index contributed by atoms with van der Waals surface area (Å²) >= 11 is 3.64. The van der Waals surface area contributed by atoms with Crippen LogP contribution in [0, 0.1) is 5.92 Å². The number of aromatic nitrogens is 3. The lowest BCUT2D eigenvalue weighted by molar-refractivity contribution is 0.0709. The monoisotopic (exact) mass is 532 g/mol. The maximum atomic E-state index is 13.4. The fraction of sp³-hybridized carbons (Fsp3) is 0.407. The maximum absolute atomic E-state index is 13.4. The van der Waals surface area contributed by atoms with E-state index in [1.54, 1.807) is 0 Å². The average Bonchev–Trinajstić information content (AvgIpc) is 3.51. The molecule has 35 heavy (non-hydrogen) atoms. The molecule has 0 bridgehead atoms. The number of nitrogens with two attached hydrogens (primary N) is 1. The summed E-state index contributed by atoms with van der Waals surface area (Å²) in [6.07, 6.45) is 4.53. The number of halogens is 1. The van der Waals surface area contributed by atoms with Crippen LogP contribution in [-0.2, 0) is 13.1 Å². The van der Waals surface area contributed by atoms with Gasteiger partial charge in [-0.05, 0) is 68.0 Å². The van der Waals surface area contributed by atoms with Crippen LogP contribution in [0.1, 0.15) is 36.0 Å². The molecule has 7 nitrogen and oxygen atoms in total. The molecule has 1 saturated carbocycles. The van der Waals surface area contributed by atoms with E-state index in [-0.39, 0.29) is 11.9 Å². The van der Waals surface area contributed by atoms with Gasteiger partial charge in [0.1, 0.15) is 0 Å². The summed E-state index contributed by atoms with van der Waals surface area (Å²) < 4.78 is 5.87. The average molecular weight is 533 g/mol. The molecule has 1 atom stereocenters. The number of fused-ring (bicyclic) bond motifs is 1. The number of benzene rings is 2. The van der Waals surface area contributed by atoms with E-state index in [4.69, 9.17) is 10.7 Å². The minimum absolute atomic E-state index is 0.0504. The lowest BCUT2D eigenvalue weighted by Gasteiger charge is -2.31. The number of likely N-dealkylation sites (tertiary alicyclic amines) is 1. The van der Waals surface area contributed by atoms with Crippen LogP contribution in [0.4, 0.5) is 5.69 Å². The van der Waals surface area contributed by atoms with Crippen LogP contribution in [0.3, 0.4) is 0 Å². The molecule has 2 aromatic heterocycles. The van der Waals surface area contributed by atoms with Gasteiger partial charge in [-0.15, -0.1) is 0 Å². The molecule has 3 N–H and O–H groups in total. The zero-order valence-corrected chi connectivity index (χ0v) is 21.2. The molecular weight excluding hydrogens is 504 g/mol. The van der Waals surface area contributed by atoms with Crippen molar-refractivity contribution in [2.45, 2.75) is 44.8 Å². The molecule has 1 amide bonds. The maximum Gasteiger partial charge on any atom is 0.254 e. The summed E-state index contributed by atoms with van der Waals surface area (Å²) in [7, 11) is 0. The van der Waals surface area contributed by atoms with Crippen molar-refractivity contribution in [1.29, 1.82) is 0 Å². The van der Waals surface area contributed by atoms with Crippen molar-refractivity contribution >= 4 is 49.5 Å². The zero-order chi connectivity index (χ0) is 23.7. The van der Waals surface area contributed by atoms with E-state index in [9.17, 15) is 4.79 Å². The van der Waals surface area contributed by atoms with Crippen LogP contribution in [-0.4, -0.2) is 50.6 Å². The van der Waals surface area contributed by atoms with Crippen LogP contribution in [0.5, 0.6) is 0 Å². The van der Waals surface area contributed by atoms with Gasteiger partial charge in [-0.2, -0.15) is 0 Å². The SMILES string of the molecule is N[C@@H]1CCCN(C(=O)c2cc3c4c(c2)nc(-c2cc5cc(Br)ccc5n2CC2CC2)n4CCN3)C1. The molecule has 1 saturated heterocycles. The van der Waals surface area contributed by atoms with Gasteiger partial charge in [0, 0.05) is 59.7 Å². The largest absolute Gasteiger partial charge is 0.381 e. The van der Waals surface area contributed by atoms with Crippen molar-refractivity contribution in [1.82, 2.24) is 19.0 Å². The number of piperidine rings is 1. The number of carbonyl (C=O) groups excluding carboxylic acids is 1. The number of hydrogen-bond donors (Lipinski definition) is 2. The molecule has 0 unspecified atom stereocenters. The second-order valence-electron chi connectivity index (χ2n) is 10.3. The Balaban J connectivity index is 1.37. The summed E-state index contributed by atoms with van der Waals surface area (Å²) in [5.41, 5.74) is 12.2. The van der Waals surface area contributed by atoms with Crippen LogP contribution in [0.2, 0.25) is 0 Å². The Morgan fingerprint density at radius 2 is 2.03 bits per heavy atom. The first-order valence-electron chi connectivity index (χ1n) is 12.7. The van der Waals surface area contributed by atoms with E-state index in [1.807, 2.05) is 17.0 Å². The van der Waals surface area contributed by atoms with Crippen LogP contribution < -0.4 is 11.1 Å². The predicted molar refractivity (Wildman–Crippen MR) is 143 cm³/mol. The van der Waals surface area contributed by atoms with Gasteiger partial charge in [-0.25, -0.2) is 4.98 Å². The molecular formula is C27H29BrN6O. The Morgan fingerprint density at radius 3 is 2.86 bits per heavy atom. The minimum atomic E-state index is 0.0504. The highest BCUT2D eigenvalue weighted by Crippen LogP contribution is 2.39. The normalized spacial score (nSPS) is 19.9. The van der Waals surface area contributed by atoms with Gasteiger partial charge in [-0.3, -0.25) is 4.79 Å². The number of rotatable bonds is 4. The van der Waals surface area contributed by atoms with Crippen molar-refractivity contribution in [3.05, 3.63) is 46.4 Å². The van der Waals surface area contributed by atoms with Gasteiger partial charge in [0.15, 0.2) is 5.82 Å². The quantitative estimate of drug-likeness (QED) is 0.394. The van der Waals surface area contributed by atoms with Crippen LogP contribution in [0.25, 0.3) is 33.5 Å². The van der Waals surface area contributed by atoms with Gasteiger partial charge < -0.3 is 25.1 Å². The standard InChI is InChI=1S/C27H29BrN6O/c28-19-5-6-23-17(10-19)13-24(34(23)14-16-3-4-16)26-31-22-12-18(11-21-25(22)33(26)9-7-30-21)27(35)32-8-1-2-20(29)15-32/h5-6,10-13,16,20,30H,1-4,7-9,14-15,29H2/t20-/m1/s1. The molecule has 2 aromatic carbocycles. The Morgan fingerprint density at radius 1 is 1.14 bits per heavy atom. The highest BCUT2D eigenvalue weighted by atomic mass is 79.9. The molecule has 0 radical (unpaired) electrons. The number of imidazole rings is 1. The number of amides is 1. The summed E-state index contributed by atoms with van der Waals surface area (Å²) in [6, 6.07) is 12.8. The first-order chi connectivity index (χ1) is 17.0. The smallest absolute Gasteiger partial charge is 0.254 e. The highest BCUT2D eigenvalue weighted by molar-refractivity contribution is 9.10. The molecule has 4 heterocycles. The third kappa shape index (κ3) is 3.65. The second-order valence-corrected chi connectivity index (χ2v) is 11.3. The highest BCUT2D eigenvalue weighted by Gasteiger charge is 2.29. The Kier molecular flexibility index (Phi) is 4.96. The Hall–Kier alpha value is -2.84. The van der Waals surface area contributed by atoms with E-state index in [0.29, 0.717) is 12.1 Å². The van der Waals surface area contributed by atoms with E-state index in [0.717, 1.165) is 77.7 Å². The molecule has 2 aliphatic heterocycles. The van der Waals surface area contributed by atoms with Crippen molar-refractivity contribution in [2.24, 2.45) is 11.7 Å². The summed E-state index contributed by atoms with van der Waals surface area (Å²) in [6.45, 7) is 4.07. The fourth-order valence-corrected chi connectivity index (χ4v) is 6.18. The van der Waals surface area contributed by atoms with Gasteiger partial charge in [0.05, 0.1) is 22.4 Å². The van der Waals surface area contributed by atoms with Crippen LogP contribution in [0.15, 0.2) is 40.9 Å². The Labute approximate surface area is 212 Å². The number of hydrogen-bond acceptors (Lipinski definition) is 4. The van der Waals surface area contributed by atoms with Crippen LogP contribution >= 0.6 is 15.9 Å². The van der Waals surface area contributed by atoms with Crippen molar-refractivity contribution in [2.75, 3.05) is 25.0 Å². The molecule has 180 valence electrons. The van der Waals surface area contributed by atoms with Crippen molar-refractivity contribution in [3.63, 3.8) is 0 Å². The van der Waals surface area contributed by atoms with E-state index < -0.39 is 0 Å². The van der Waals surface area contributed by atoms with E-state index >= 15 is 0 Å². The number of nitrogens with zero attached hydrogens (tertiary/aromatic N) is 4. The molecule has 8 heteroatoms. The summed E-state index contributed by atoms with van der Waals surface area (Å²) in [5.74, 6) is 1.78. The van der Waals surface area contributed by atoms with Gasteiger partial charge in [-0.1, -0.05) is 15.9 Å². The third-order valence-electron chi connectivity index (χ3n) is 7.71. The molecule has 2 fully saturated rings. The molecule has 3 aliphatic rings. The fourth-order valence-electron chi connectivity index (χ4n) is 5.80. The lowest BCUT2D eigenvalue weighted by atomic mass is 10.0. The Bertz CT molecular complexity index is 1480. The molecule has 1 aliphatic carbocycles. The first-order valence-corrected chi connectivity index (χ1v) is 13.5. The van der Waals surface area contributed by atoms with Crippen molar-refractivity contribution in [3.8, 4) is 11.5 Å². The van der Waals surface area contributed by atoms with E-state index in [2.05, 4.69) is 54.6 Å². The zero-order valence-electron chi connectivity index (χ0n) is 19.6.